The van der Waals surface area contributed by atoms with Crippen molar-refractivity contribution >= 4 is 15.9 Å². The van der Waals surface area contributed by atoms with Gasteiger partial charge in [-0.15, -0.1) is 0 Å². The molecule has 1 aliphatic rings. The van der Waals surface area contributed by atoms with Crippen LogP contribution in [0.1, 0.15) is 37.4 Å². The van der Waals surface area contributed by atoms with Crippen molar-refractivity contribution in [2.24, 2.45) is 5.73 Å². The highest BCUT2D eigenvalue weighted by Crippen LogP contribution is 2.53. The van der Waals surface area contributed by atoms with Gasteiger partial charge in [-0.2, -0.15) is 0 Å². The molecule has 94 valence electrons. The van der Waals surface area contributed by atoms with Gasteiger partial charge in [-0.3, -0.25) is 0 Å². The molecule has 0 saturated heterocycles. The number of halogens is 1. The number of benzene rings is 1. The molecule has 0 fully saturated rings. The van der Waals surface area contributed by atoms with Gasteiger partial charge >= 0.3 is 0 Å². The average Bonchev–Trinajstić information content (AvgIpc) is 2.49. The number of nitrogens with two attached hydrogens (primary N) is 1. The van der Waals surface area contributed by atoms with Crippen molar-refractivity contribution in [3.63, 3.8) is 0 Å². The molecule has 0 bridgehead atoms. The predicted molar refractivity (Wildman–Crippen MR) is 71.8 cm³/mol. The van der Waals surface area contributed by atoms with Gasteiger partial charge in [-0.05, 0) is 23.5 Å². The monoisotopic (exact) mass is 299 g/mol. The maximum absolute atomic E-state index is 6.23. The summed E-state index contributed by atoms with van der Waals surface area (Å²) in [4.78, 5) is 0. The first-order valence-corrected chi connectivity index (χ1v) is 6.42. The third-order valence-electron chi connectivity index (χ3n) is 3.44. The lowest BCUT2D eigenvalue weighted by molar-refractivity contribution is 0.350. The van der Waals surface area contributed by atoms with Crippen LogP contribution in [0.15, 0.2) is 10.5 Å². The first-order chi connectivity index (χ1) is 7.92. The number of ether oxygens (including phenoxy) is 2. The van der Waals surface area contributed by atoms with Gasteiger partial charge in [0.05, 0.1) is 14.2 Å². The second kappa shape index (κ2) is 4.18. The molecule has 0 heterocycles. The summed E-state index contributed by atoms with van der Waals surface area (Å²) in [7, 11) is 3.30. The lowest BCUT2D eigenvalue weighted by Gasteiger charge is -2.21. The minimum absolute atomic E-state index is 0.00125. The molecule has 2 N–H and O–H groups in total. The Morgan fingerprint density at radius 3 is 2.53 bits per heavy atom. The van der Waals surface area contributed by atoms with E-state index >= 15 is 0 Å². The molecule has 1 aromatic carbocycles. The third kappa shape index (κ3) is 1.83. The van der Waals surface area contributed by atoms with E-state index in [0.29, 0.717) is 0 Å². The number of hydrogen-bond donors (Lipinski definition) is 1. The molecule has 0 aliphatic heterocycles. The smallest absolute Gasteiger partial charge is 0.165 e. The van der Waals surface area contributed by atoms with E-state index < -0.39 is 0 Å². The highest BCUT2D eigenvalue weighted by molar-refractivity contribution is 9.10. The maximum atomic E-state index is 6.23. The first-order valence-electron chi connectivity index (χ1n) is 5.62. The number of rotatable bonds is 2. The normalized spacial score (nSPS) is 21.2. The van der Waals surface area contributed by atoms with Gasteiger partial charge in [0, 0.05) is 16.1 Å². The lowest BCUT2D eigenvalue weighted by atomic mass is 9.86. The Morgan fingerprint density at radius 2 is 2.00 bits per heavy atom. The van der Waals surface area contributed by atoms with Crippen LogP contribution in [0.4, 0.5) is 0 Å². The average molecular weight is 300 g/mol. The fraction of sp³-hybridized carbons (Fsp3) is 0.538. The summed E-state index contributed by atoms with van der Waals surface area (Å²) in [5.74, 6) is 1.50. The van der Waals surface area contributed by atoms with Crippen LogP contribution < -0.4 is 15.2 Å². The van der Waals surface area contributed by atoms with Crippen LogP contribution in [-0.4, -0.2) is 14.2 Å². The summed E-state index contributed by atoms with van der Waals surface area (Å²) >= 11 is 3.61. The Bertz CT molecular complexity index is 457. The molecule has 0 spiro atoms. The number of methoxy groups -OCH3 is 2. The van der Waals surface area contributed by atoms with Gasteiger partial charge in [-0.25, -0.2) is 0 Å². The van der Waals surface area contributed by atoms with E-state index in [4.69, 9.17) is 15.2 Å². The van der Waals surface area contributed by atoms with E-state index in [1.807, 2.05) is 6.07 Å². The molecule has 0 unspecified atom stereocenters. The molecular weight excluding hydrogens is 282 g/mol. The summed E-state index contributed by atoms with van der Waals surface area (Å²) in [6, 6.07) is 1.96. The topological polar surface area (TPSA) is 44.5 Å². The van der Waals surface area contributed by atoms with Crippen molar-refractivity contribution in [2.45, 2.75) is 31.7 Å². The van der Waals surface area contributed by atoms with Crippen LogP contribution in [0, 0.1) is 0 Å². The van der Waals surface area contributed by atoms with Crippen LogP contribution >= 0.6 is 15.9 Å². The highest BCUT2D eigenvalue weighted by Gasteiger charge is 2.40. The molecular formula is C13H18BrNO2. The Balaban J connectivity index is 2.76. The largest absolute Gasteiger partial charge is 0.493 e. The number of fused-ring (bicyclic) bond motifs is 1. The molecule has 3 nitrogen and oxygen atoms in total. The van der Waals surface area contributed by atoms with Gasteiger partial charge in [0.2, 0.25) is 0 Å². The highest BCUT2D eigenvalue weighted by atomic mass is 79.9. The Kier molecular flexibility index (Phi) is 3.12. The minimum Gasteiger partial charge on any atom is -0.493 e. The fourth-order valence-electron chi connectivity index (χ4n) is 2.79. The maximum Gasteiger partial charge on any atom is 0.165 e. The van der Waals surface area contributed by atoms with Crippen LogP contribution in [0.5, 0.6) is 11.5 Å². The molecule has 1 atom stereocenters. The summed E-state index contributed by atoms with van der Waals surface area (Å²) in [5.41, 5.74) is 8.61. The Morgan fingerprint density at radius 1 is 1.35 bits per heavy atom. The zero-order chi connectivity index (χ0) is 12.8. The second-order valence-electron chi connectivity index (χ2n) is 5.08. The first kappa shape index (κ1) is 12.7. The molecule has 0 radical (unpaired) electrons. The van der Waals surface area contributed by atoms with Crippen molar-refractivity contribution < 1.29 is 9.47 Å². The Hall–Kier alpha value is -0.740. The molecule has 0 aromatic heterocycles. The molecule has 2 rings (SSSR count). The molecule has 4 heteroatoms. The molecule has 0 amide bonds. The van der Waals surface area contributed by atoms with Gasteiger partial charge in [0.1, 0.15) is 0 Å². The minimum atomic E-state index is 0.00125. The quantitative estimate of drug-likeness (QED) is 0.912. The second-order valence-corrected chi connectivity index (χ2v) is 5.93. The van der Waals surface area contributed by atoms with Crippen molar-refractivity contribution in [1.29, 1.82) is 0 Å². The van der Waals surface area contributed by atoms with E-state index in [1.54, 1.807) is 14.2 Å². The summed E-state index contributed by atoms with van der Waals surface area (Å²) in [5, 5.41) is 0. The van der Waals surface area contributed by atoms with Crippen molar-refractivity contribution in [3.8, 4) is 11.5 Å². The van der Waals surface area contributed by atoms with Crippen LogP contribution in [-0.2, 0) is 5.41 Å². The van der Waals surface area contributed by atoms with Crippen molar-refractivity contribution in [3.05, 3.63) is 21.7 Å². The summed E-state index contributed by atoms with van der Waals surface area (Å²) in [6.45, 7) is 4.41. The van der Waals surface area contributed by atoms with E-state index in [9.17, 15) is 0 Å². The zero-order valence-electron chi connectivity index (χ0n) is 10.6. The standard InChI is InChI=1S/C13H18BrNO2/c1-13(2)6-8(15)10-11(13)7(14)5-9(16-3)12(10)17-4/h5,8H,6,15H2,1-4H3/t8-/m0/s1. The van der Waals surface area contributed by atoms with E-state index in [1.165, 1.54) is 5.56 Å². The SMILES string of the molecule is COc1cc(Br)c2c(c1OC)[C@@H](N)CC2(C)C. The molecule has 17 heavy (non-hydrogen) atoms. The van der Waals surface area contributed by atoms with Crippen LogP contribution in [0.25, 0.3) is 0 Å². The van der Waals surface area contributed by atoms with Gasteiger partial charge in [0.25, 0.3) is 0 Å². The summed E-state index contributed by atoms with van der Waals surface area (Å²) in [6.07, 6.45) is 0.921. The third-order valence-corrected chi connectivity index (χ3v) is 4.06. The van der Waals surface area contributed by atoms with Gasteiger partial charge < -0.3 is 15.2 Å². The van der Waals surface area contributed by atoms with E-state index in [2.05, 4.69) is 29.8 Å². The van der Waals surface area contributed by atoms with Gasteiger partial charge in [0.15, 0.2) is 11.5 Å². The Labute approximate surface area is 110 Å². The lowest BCUT2D eigenvalue weighted by Crippen LogP contribution is -2.14. The van der Waals surface area contributed by atoms with E-state index in [-0.39, 0.29) is 11.5 Å². The van der Waals surface area contributed by atoms with Crippen molar-refractivity contribution in [2.75, 3.05) is 14.2 Å². The number of hydrogen-bond acceptors (Lipinski definition) is 3. The van der Waals surface area contributed by atoms with Crippen molar-refractivity contribution in [1.82, 2.24) is 0 Å². The molecule has 1 aromatic rings. The van der Waals surface area contributed by atoms with Crippen LogP contribution in [0.2, 0.25) is 0 Å². The zero-order valence-corrected chi connectivity index (χ0v) is 12.2. The summed E-state index contributed by atoms with van der Waals surface area (Å²) < 4.78 is 11.9. The predicted octanol–water partition coefficient (Wildman–Crippen LogP) is 3.15. The van der Waals surface area contributed by atoms with E-state index in [0.717, 1.165) is 28.0 Å². The molecule has 0 saturated carbocycles. The van der Waals surface area contributed by atoms with Gasteiger partial charge in [-0.1, -0.05) is 29.8 Å². The molecule has 1 aliphatic carbocycles. The van der Waals surface area contributed by atoms with Crippen LogP contribution in [0.3, 0.4) is 0 Å². The fourth-order valence-corrected chi connectivity index (χ4v) is 3.74.